The average Bonchev–Trinajstić information content (AvgIpc) is 2.47. The van der Waals surface area contributed by atoms with Crippen molar-refractivity contribution in [1.29, 1.82) is 0 Å². The predicted molar refractivity (Wildman–Crippen MR) is 77.1 cm³/mol. The molecular formula is C16H24N2O. The van der Waals surface area contributed by atoms with Crippen LogP contribution in [0.2, 0.25) is 0 Å². The van der Waals surface area contributed by atoms with Crippen molar-refractivity contribution in [2.75, 3.05) is 19.6 Å². The second kappa shape index (κ2) is 5.23. The first-order valence-electron chi connectivity index (χ1n) is 7.50. The van der Waals surface area contributed by atoms with E-state index < -0.39 is 5.60 Å². The SMILES string of the molecule is CCC1CNCCC1(O)C1NCCc2ccccc21. The van der Waals surface area contributed by atoms with Crippen LogP contribution in [0.15, 0.2) is 24.3 Å². The molecule has 2 heterocycles. The Morgan fingerprint density at radius 1 is 1.32 bits per heavy atom. The fourth-order valence-electron chi connectivity index (χ4n) is 3.77. The molecule has 3 rings (SSSR count). The summed E-state index contributed by atoms with van der Waals surface area (Å²) in [6, 6.07) is 8.66. The monoisotopic (exact) mass is 260 g/mol. The van der Waals surface area contributed by atoms with Crippen LogP contribution < -0.4 is 10.6 Å². The van der Waals surface area contributed by atoms with E-state index in [-0.39, 0.29) is 6.04 Å². The molecule has 19 heavy (non-hydrogen) atoms. The smallest absolute Gasteiger partial charge is 0.0893 e. The van der Waals surface area contributed by atoms with E-state index in [2.05, 4.69) is 41.8 Å². The van der Waals surface area contributed by atoms with Gasteiger partial charge >= 0.3 is 0 Å². The standard InChI is InChI=1S/C16H24N2O/c1-2-13-11-17-10-8-16(13,19)15-14-6-4-3-5-12(14)7-9-18-15/h3-6,13,15,17-19H,2,7-11H2,1H3. The molecule has 1 saturated heterocycles. The van der Waals surface area contributed by atoms with E-state index in [4.69, 9.17) is 0 Å². The maximum absolute atomic E-state index is 11.3. The number of piperidine rings is 1. The third kappa shape index (κ3) is 2.20. The molecule has 104 valence electrons. The zero-order chi connectivity index (χ0) is 13.3. The van der Waals surface area contributed by atoms with Crippen molar-refractivity contribution in [3.8, 4) is 0 Å². The van der Waals surface area contributed by atoms with Crippen molar-refractivity contribution in [2.24, 2.45) is 5.92 Å². The molecule has 0 radical (unpaired) electrons. The molecule has 2 aliphatic rings. The highest BCUT2D eigenvalue weighted by atomic mass is 16.3. The van der Waals surface area contributed by atoms with Gasteiger partial charge in [0.25, 0.3) is 0 Å². The molecule has 3 heteroatoms. The molecule has 1 aromatic rings. The molecule has 3 nitrogen and oxygen atoms in total. The summed E-state index contributed by atoms with van der Waals surface area (Å²) >= 11 is 0. The van der Waals surface area contributed by atoms with Gasteiger partial charge in [0.15, 0.2) is 0 Å². The number of nitrogens with one attached hydrogen (secondary N) is 2. The normalized spacial score (nSPS) is 34.8. The second-order valence-corrected chi connectivity index (χ2v) is 5.89. The number of aliphatic hydroxyl groups is 1. The van der Waals surface area contributed by atoms with Crippen molar-refractivity contribution < 1.29 is 5.11 Å². The van der Waals surface area contributed by atoms with Crippen LogP contribution in [0, 0.1) is 5.92 Å². The summed E-state index contributed by atoms with van der Waals surface area (Å²) in [7, 11) is 0. The summed E-state index contributed by atoms with van der Waals surface area (Å²) in [6.45, 7) is 4.98. The summed E-state index contributed by atoms with van der Waals surface area (Å²) in [5, 5.41) is 18.3. The lowest BCUT2D eigenvalue weighted by Gasteiger charge is -2.47. The van der Waals surface area contributed by atoms with E-state index in [9.17, 15) is 5.11 Å². The lowest BCUT2D eigenvalue weighted by molar-refractivity contribution is -0.0746. The minimum absolute atomic E-state index is 0.0875. The zero-order valence-electron chi connectivity index (χ0n) is 11.7. The Balaban J connectivity index is 1.97. The van der Waals surface area contributed by atoms with Crippen LogP contribution in [0.1, 0.15) is 36.9 Å². The van der Waals surface area contributed by atoms with Crippen molar-refractivity contribution in [2.45, 2.75) is 37.8 Å². The third-order valence-corrected chi connectivity index (χ3v) is 4.90. The summed E-state index contributed by atoms with van der Waals surface area (Å²) in [5.74, 6) is 0.324. The molecule has 2 aliphatic heterocycles. The van der Waals surface area contributed by atoms with Crippen LogP contribution in [-0.2, 0) is 6.42 Å². The van der Waals surface area contributed by atoms with Crippen LogP contribution in [0.4, 0.5) is 0 Å². The number of hydrogen-bond donors (Lipinski definition) is 3. The number of fused-ring (bicyclic) bond motifs is 1. The Kier molecular flexibility index (Phi) is 3.61. The topological polar surface area (TPSA) is 44.3 Å². The maximum atomic E-state index is 11.3. The van der Waals surface area contributed by atoms with E-state index in [0.29, 0.717) is 5.92 Å². The molecule has 3 N–H and O–H groups in total. The van der Waals surface area contributed by atoms with E-state index in [1.807, 2.05) is 0 Å². The third-order valence-electron chi connectivity index (χ3n) is 4.90. The van der Waals surface area contributed by atoms with E-state index in [1.165, 1.54) is 11.1 Å². The van der Waals surface area contributed by atoms with Gasteiger partial charge in [0.1, 0.15) is 0 Å². The first-order valence-corrected chi connectivity index (χ1v) is 7.50. The van der Waals surface area contributed by atoms with Gasteiger partial charge in [0, 0.05) is 12.5 Å². The Morgan fingerprint density at radius 2 is 2.16 bits per heavy atom. The Labute approximate surface area is 115 Å². The van der Waals surface area contributed by atoms with Gasteiger partial charge in [0.2, 0.25) is 0 Å². The lowest BCUT2D eigenvalue weighted by atomic mass is 9.71. The van der Waals surface area contributed by atoms with Gasteiger partial charge in [-0.25, -0.2) is 0 Å². The molecule has 0 amide bonds. The summed E-state index contributed by atoms with van der Waals surface area (Å²) < 4.78 is 0. The van der Waals surface area contributed by atoms with Gasteiger partial charge < -0.3 is 15.7 Å². The molecule has 0 saturated carbocycles. The largest absolute Gasteiger partial charge is 0.388 e. The first kappa shape index (κ1) is 13.1. The van der Waals surface area contributed by atoms with Crippen molar-refractivity contribution >= 4 is 0 Å². The van der Waals surface area contributed by atoms with Crippen LogP contribution in [0.25, 0.3) is 0 Å². The molecule has 0 bridgehead atoms. The highest BCUT2D eigenvalue weighted by Crippen LogP contribution is 2.40. The molecule has 0 aliphatic carbocycles. The van der Waals surface area contributed by atoms with Crippen LogP contribution in [0.3, 0.4) is 0 Å². The lowest BCUT2D eigenvalue weighted by Crippen LogP contribution is -2.58. The molecule has 1 fully saturated rings. The van der Waals surface area contributed by atoms with Gasteiger partial charge in [-0.3, -0.25) is 0 Å². The Morgan fingerprint density at radius 3 is 3.00 bits per heavy atom. The molecule has 3 atom stereocenters. The zero-order valence-corrected chi connectivity index (χ0v) is 11.7. The average molecular weight is 260 g/mol. The van der Waals surface area contributed by atoms with Crippen LogP contribution in [-0.4, -0.2) is 30.3 Å². The second-order valence-electron chi connectivity index (χ2n) is 5.89. The molecule has 1 aromatic carbocycles. The predicted octanol–water partition coefficient (Wildman–Crippen LogP) is 1.62. The van der Waals surface area contributed by atoms with Gasteiger partial charge in [-0.2, -0.15) is 0 Å². The van der Waals surface area contributed by atoms with E-state index in [0.717, 1.165) is 38.9 Å². The summed E-state index contributed by atoms with van der Waals surface area (Å²) in [4.78, 5) is 0. The van der Waals surface area contributed by atoms with Crippen molar-refractivity contribution in [3.05, 3.63) is 35.4 Å². The highest BCUT2D eigenvalue weighted by Gasteiger charge is 2.46. The van der Waals surface area contributed by atoms with Crippen molar-refractivity contribution in [1.82, 2.24) is 10.6 Å². The fourth-order valence-corrected chi connectivity index (χ4v) is 3.77. The van der Waals surface area contributed by atoms with Gasteiger partial charge in [-0.05, 0) is 43.5 Å². The quantitative estimate of drug-likeness (QED) is 0.757. The minimum Gasteiger partial charge on any atom is -0.388 e. The van der Waals surface area contributed by atoms with Gasteiger partial charge in [-0.15, -0.1) is 0 Å². The first-order chi connectivity index (χ1) is 9.25. The number of rotatable bonds is 2. The minimum atomic E-state index is -0.615. The highest BCUT2D eigenvalue weighted by molar-refractivity contribution is 5.35. The molecule has 3 unspecified atom stereocenters. The number of benzene rings is 1. The molecule has 0 aromatic heterocycles. The summed E-state index contributed by atoms with van der Waals surface area (Å²) in [5.41, 5.74) is 2.08. The van der Waals surface area contributed by atoms with E-state index in [1.54, 1.807) is 0 Å². The Bertz CT molecular complexity index is 448. The summed E-state index contributed by atoms with van der Waals surface area (Å²) in [6.07, 6.45) is 2.92. The van der Waals surface area contributed by atoms with Crippen molar-refractivity contribution in [3.63, 3.8) is 0 Å². The number of hydrogen-bond acceptors (Lipinski definition) is 3. The van der Waals surface area contributed by atoms with Crippen LogP contribution >= 0.6 is 0 Å². The van der Waals surface area contributed by atoms with Gasteiger partial charge in [0.05, 0.1) is 11.6 Å². The maximum Gasteiger partial charge on any atom is 0.0893 e. The fraction of sp³-hybridized carbons (Fsp3) is 0.625. The van der Waals surface area contributed by atoms with E-state index >= 15 is 0 Å². The Hall–Kier alpha value is -0.900. The molecule has 0 spiro atoms. The van der Waals surface area contributed by atoms with Gasteiger partial charge in [-0.1, -0.05) is 31.2 Å². The van der Waals surface area contributed by atoms with Crippen LogP contribution in [0.5, 0.6) is 0 Å². The molecular weight excluding hydrogens is 236 g/mol.